The Morgan fingerprint density at radius 1 is 1.23 bits per heavy atom. The molecule has 136 valence electrons. The number of nitrogens with two attached hydrogens (primary N) is 1. The maximum atomic E-state index is 12.7. The molecule has 0 radical (unpaired) electrons. The van der Waals surface area contributed by atoms with E-state index in [1.807, 2.05) is 25.1 Å². The Morgan fingerprint density at radius 2 is 2.08 bits per heavy atom. The number of carbonyl (C=O) groups is 1. The second-order valence-corrected chi connectivity index (χ2v) is 6.00. The Morgan fingerprint density at radius 3 is 2.81 bits per heavy atom. The van der Waals surface area contributed by atoms with Crippen LogP contribution in [0.15, 0.2) is 47.6 Å². The smallest absolute Gasteiger partial charge is 0.274 e. The van der Waals surface area contributed by atoms with Crippen molar-refractivity contribution in [1.82, 2.24) is 5.01 Å². The minimum Gasteiger partial charge on any atom is -0.493 e. The van der Waals surface area contributed by atoms with E-state index in [9.17, 15) is 4.79 Å². The third kappa shape index (κ3) is 3.79. The van der Waals surface area contributed by atoms with Crippen molar-refractivity contribution in [3.05, 3.63) is 53.6 Å². The molecule has 0 fully saturated rings. The largest absolute Gasteiger partial charge is 0.493 e. The Balaban J connectivity index is 1.88. The predicted octanol–water partition coefficient (Wildman–Crippen LogP) is 3.32. The molecule has 0 saturated carbocycles. The average molecular weight is 353 g/mol. The number of anilines is 1. The van der Waals surface area contributed by atoms with Gasteiger partial charge in [-0.2, -0.15) is 5.10 Å². The van der Waals surface area contributed by atoms with E-state index in [4.69, 9.17) is 15.2 Å². The van der Waals surface area contributed by atoms with E-state index in [2.05, 4.69) is 5.10 Å². The molecule has 6 nitrogen and oxygen atoms in total. The highest BCUT2D eigenvalue weighted by atomic mass is 16.5. The molecule has 26 heavy (non-hydrogen) atoms. The Kier molecular flexibility index (Phi) is 5.41. The first-order valence-corrected chi connectivity index (χ1v) is 8.68. The summed E-state index contributed by atoms with van der Waals surface area (Å²) in [6.07, 6.45) is 1.65. The lowest BCUT2D eigenvalue weighted by Crippen LogP contribution is -2.32. The van der Waals surface area contributed by atoms with Crippen molar-refractivity contribution in [2.24, 2.45) is 5.10 Å². The van der Waals surface area contributed by atoms with Gasteiger partial charge in [-0.25, -0.2) is 5.01 Å². The highest BCUT2D eigenvalue weighted by Gasteiger charge is 2.21. The highest BCUT2D eigenvalue weighted by molar-refractivity contribution is 6.03. The van der Waals surface area contributed by atoms with Crippen LogP contribution in [-0.2, 0) is 0 Å². The maximum Gasteiger partial charge on any atom is 0.274 e. The topological polar surface area (TPSA) is 77.2 Å². The maximum absolute atomic E-state index is 12.7. The molecule has 0 atom stereocenters. The van der Waals surface area contributed by atoms with Crippen LogP contribution in [0, 0.1) is 0 Å². The first-order valence-electron chi connectivity index (χ1n) is 8.68. The molecule has 2 aromatic rings. The molecular formula is C20H23N3O3. The molecule has 1 aliphatic heterocycles. The van der Waals surface area contributed by atoms with E-state index < -0.39 is 0 Å². The van der Waals surface area contributed by atoms with Gasteiger partial charge in [-0.3, -0.25) is 4.79 Å². The van der Waals surface area contributed by atoms with E-state index in [0.717, 1.165) is 24.1 Å². The molecule has 2 N–H and O–H groups in total. The second-order valence-electron chi connectivity index (χ2n) is 6.00. The third-order valence-corrected chi connectivity index (χ3v) is 4.19. The molecule has 1 aliphatic rings. The summed E-state index contributed by atoms with van der Waals surface area (Å²) >= 11 is 0. The summed E-state index contributed by atoms with van der Waals surface area (Å²) in [5.74, 6) is 1.21. The van der Waals surface area contributed by atoms with Gasteiger partial charge in [0, 0.05) is 23.4 Å². The minimum absolute atomic E-state index is 0.145. The van der Waals surface area contributed by atoms with Crippen LogP contribution in [-0.4, -0.2) is 36.9 Å². The van der Waals surface area contributed by atoms with E-state index in [0.29, 0.717) is 35.9 Å². The van der Waals surface area contributed by atoms with Gasteiger partial charge >= 0.3 is 0 Å². The second kappa shape index (κ2) is 7.91. The van der Waals surface area contributed by atoms with Gasteiger partial charge < -0.3 is 15.2 Å². The lowest BCUT2D eigenvalue weighted by atomic mass is 10.0. The number of hydrogen-bond acceptors (Lipinski definition) is 5. The van der Waals surface area contributed by atoms with Crippen LogP contribution in [0.3, 0.4) is 0 Å². The van der Waals surface area contributed by atoms with Gasteiger partial charge in [-0.05, 0) is 56.2 Å². The molecule has 0 aromatic heterocycles. The molecule has 6 heteroatoms. The summed E-state index contributed by atoms with van der Waals surface area (Å²) in [7, 11) is 1.61. The lowest BCUT2D eigenvalue weighted by Gasteiger charge is -2.24. The van der Waals surface area contributed by atoms with Gasteiger partial charge in [0.2, 0.25) is 0 Å². The number of hydrogen-bond donors (Lipinski definition) is 1. The van der Waals surface area contributed by atoms with Crippen LogP contribution in [0.1, 0.15) is 35.7 Å². The van der Waals surface area contributed by atoms with E-state index >= 15 is 0 Å². The monoisotopic (exact) mass is 353 g/mol. The van der Waals surface area contributed by atoms with Crippen molar-refractivity contribution < 1.29 is 14.3 Å². The zero-order valence-electron chi connectivity index (χ0n) is 15.1. The molecule has 0 aliphatic carbocycles. The quantitative estimate of drug-likeness (QED) is 0.837. The molecule has 2 aromatic carbocycles. The molecule has 0 unspecified atom stereocenters. The fourth-order valence-corrected chi connectivity index (χ4v) is 2.94. The van der Waals surface area contributed by atoms with Gasteiger partial charge in [0.1, 0.15) is 0 Å². The number of amides is 1. The summed E-state index contributed by atoms with van der Waals surface area (Å²) in [6, 6.07) is 12.7. The third-order valence-electron chi connectivity index (χ3n) is 4.19. The van der Waals surface area contributed by atoms with Crippen LogP contribution in [0.5, 0.6) is 11.5 Å². The summed E-state index contributed by atoms with van der Waals surface area (Å²) in [5, 5.41) is 6.09. The molecule has 1 heterocycles. The van der Waals surface area contributed by atoms with Crippen molar-refractivity contribution >= 4 is 17.3 Å². The van der Waals surface area contributed by atoms with Gasteiger partial charge in [0.05, 0.1) is 19.4 Å². The van der Waals surface area contributed by atoms with Gasteiger partial charge in [0.25, 0.3) is 5.91 Å². The first-order chi connectivity index (χ1) is 12.6. The van der Waals surface area contributed by atoms with Crippen LogP contribution < -0.4 is 15.2 Å². The molecule has 0 bridgehead atoms. The van der Waals surface area contributed by atoms with E-state index in [1.54, 1.807) is 31.4 Å². The summed E-state index contributed by atoms with van der Waals surface area (Å²) < 4.78 is 11.0. The fraction of sp³-hybridized carbons (Fsp3) is 0.300. The standard InChI is InChI=1S/C20H23N3O3/c1-3-26-19-13-14(9-10-18(19)25-2)17-8-5-11-23(22-17)20(24)15-6-4-7-16(21)12-15/h4,6-7,9-10,12-13H,3,5,8,11,21H2,1-2H3. The number of rotatable bonds is 5. The van der Waals surface area contributed by atoms with Gasteiger partial charge in [-0.15, -0.1) is 0 Å². The zero-order chi connectivity index (χ0) is 18.5. The Labute approximate surface area is 153 Å². The van der Waals surface area contributed by atoms with Crippen LogP contribution in [0.4, 0.5) is 5.69 Å². The summed E-state index contributed by atoms with van der Waals surface area (Å²) in [6.45, 7) is 3.06. The SMILES string of the molecule is CCOc1cc(C2=NN(C(=O)c3cccc(N)c3)CCC2)ccc1OC. The summed E-state index contributed by atoms with van der Waals surface area (Å²) in [4.78, 5) is 12.7. The molecule has 0 spiro atoms. The lowest BCUT2D eigenvalue weighted by molar-refractivity contribution is 0.0751. The number of nitrogen functional groups attached to an aromatic ring is 1. The van der Waals surface area contributed by atoms with E-state index in [1.165, 1.54) is 5.01 Å². The van der Waals surface area contributed by atoms with Crippen molar-refractivity contribution in [3.63, 3.8) is 0 Å². The van der Waals surface area contributed by atoms with Crippen molar-refractivity contribution in [2.45, 2.75) is 19.8 Å². The first kappa shape index (κ1) is 17.8. The number of methoxy groups -OCH3 is 1. The molecule has 3 rings (SSSR count). The van der Waals surface area contributed by atoms with Crippen LogP contribution in [0.2, 0.25) is 0 Å². The Bertz CT molecular complexity index is 833. The fourth-order valence-electron chi connectivity index (χ4n) is 2.94. The molecule has 0 saturated heterocycles. The van der Waals surface area contributed by atoms with Gasteiger partial charge in [-0.1, -0.05) is 6.07 Å². The number of benzene rings is 2. The van der Waals surface area contributed by atoms with Crippen molar-refractivity contribution in [1.29, 1.82) is 0 Å². The number of hydrazone groups is 1. The number of nitrogens with zero attached hydrogens (tertiary/aromatic N) is 2. The van der Waals surface area contributed by atoms with E-state index in [-0.39, 0.29) is 5.91 Å². The summed E-state index contributed by atoms with van der Waals surface area (Å²) in [5.41, 5.74) is 8.68. The predicted molar refractivity (Wildman–Crippen MR) is 102 cm³/mol. The number of carbonyl (C=O) groups excluding carboxylic acids is 1. The van der Waals surface area contributed by atoms with Crippen LogP contribution in [0.25, 0.3) is 0 Å². The average Bonchev–Trinajstić information content (AvgIpc) is 2.68. The van der Waals surface area contributed by atoms with Crippen LogP contribution >= 0.6 is 0 Å². The number of ether oxygens (including phenoxy) is 2. The molecular weight excluding hydrogens is 330 g/mol. The molecule has 1 amide bonds. The van der Waals surface area contributed by atoms with Gasteiger partial charge in [0.15, 0.2) is 11.5 Å². The minimum atomic E-state index is -0.145. The van der Waals surface area contributed by atoms with Crippen molar-refractivity contribution in [2.75, 3.05) is 26.0 Å². The van der Waals surface area contributed by atoms with Crippen molar-refractivity contribution in [3.8, 4) is 11.5 Å². The normalized spacial score (nSPS) is 13.9. The zero-order valence-corrected chi connectivity index (χ0v) is 15.1. The highest BCUT2D eigenvalue weighted by Crippen LogP contribution is 2.29. The Hall–Kier alpha value is -3.02.